The first-order valence-corrected chi connectivity index (χ1v) is 4.78. The van der Waals surface area contributed by atoms with Gasteiger partial charge in [0.25, 0.3) is 0 Å². The van der Waals surface area contributed by atoms with Crippen LogP contribution < -0.4 is 5.32 Å². The first kappa shape index (κ1) is 10.2. The van der Waals surface area contributed by atoms with Crippen molar-refractivity contribution in [2.45, 2.75) is 31.6 Å². The highest BCUT2D eigenvalue weighted by Gasteiger charge is 2.70. The SMILES string of the molecule is C=C(C)[C@H](O)[C@@]12NC(=O)[C@H](C)[C@@H]1OC2=O. The predicted molar refractivity (Wildman–Crippen MR) is 50.7 cm³/mol. The van der Waals surface area contributed by atoms with Crippen LogP contribution in [-0.2, 0) is 14.3 Å². The number of nitrogens with one attached hydrogen (secondary N) is 1. The molecule has 2 fully saturated rings. The Morgan fingerprint density at radius 3 is 2.67 bits per heavy atom. The average molecular weight is 211 g/mol. The largest absolute Gasteiger partial charge is 0.456 e. The summed E-state index contributed by atoms with van der Waals surface area (Å²) in [6.45, 7) is 6.86. The molecule has 82 valence electrons. The van der Waals surface area contributed by atoms with Crippen LogP contribution in [0.1, 0.15) is 13.8 Å². The highest BCUT2D eigenvalue weighted by molar-refractivity contribution is 6.00. The van der Waals surface area contributed by atoms with E-state index >= 15 is 0 Å². The number of hydrogen-bond acceptors (Lipinski definition) is 4. The Labute approximate surface area is 87.1 Å². The van der Waals surface area contributed by atoms with Gasteiger partial charge in [0, 0.05) is 0 Å². The topological polar surface area (TPSA) is 75.6 Å². The van der Waals surface area contributed by atoms with Crippen molar-refractivity contribution in [3.8, 4) is 0 Å². The molecule has 4 atom stereocenters. The molecule has 1 amide bonds. The maximum Gasteiger partial charge on any atom is 0.339 e. The summed E-state index contributed by atoms with van der Waals surface area (Å²) in [7, 11) is 0. The van der Waals surface area contributed by atoms with Crippen molar-refractivity contribution in [1.29, 1.82) is 0 Å². The van der Waals surface area contributed by atoms with Gasteiger partial charge in [0.2, 0.25) is 11.4 Å². The van der Waals surface area contributed by atoms with Gasteiger partial charge in [0.1, 0.15) is 12.2 Å². The second-order valence-corrected chi connectivity index (χ2v) is 4.22. The van der Waals surface area contributed by atoms with Crippen LogP contribution in [0.2, 0.25) is 0 Å². The van der Waals surface area contributed by atoms with Gasteiger partial charge in [-0.15, -0.1) is 0 Å². The van der Waals surface area contributed by atoms with Crippen LogP contribution in [0.25, 0.3) is 0 Å². The summed E-state index contributed by atoms with van der Waals surface area (Å²) in [5, 5.41) is 12.4. The lowest BCUT2D eigenvalue weighted by Crippen LogP contribution is -2.73. The molecule has 2 saturated heterocycles. The molecule has 0 aliphatic carbocycles. The number of aliphatic hydroxyl groups excluding tert-OH is 1. The number of aliphatic hydroxyl groups is 1. The molecule has 0 aromatic heterocycles. The van der Waals surface area contributed by atoms with Crippen molar-refractivity contribution in [2.75, 3.05) is 0 Å². The van der Waals surface area contributed by atoms with Gasteiger partial charge >= 0.3 is 5.97 Å². The number of hydrogen-bond donors (Lipinski definition) is 2. The molecular formula is C10H13NO4. The molecule has 0 saturated carbocycles. The van der Waals surface area contributed by atoms with Gasteiger partial charge in [-0.05, 0) is 19.4 Å². The van der Waals surface area contributed by atoms with Crippen molar-refractivity contribution in [3.05, 3.63) is 12.2 Å². The van der Waals surface area contributed by atoms with Crippen molar-refractivity contribution in [2.24, 2.45) is 5.92 Å². The molecule has 0 aromatic rings. The minimum atomic E-state index is -1.29. The number of amides is 1. The van der Waals surface area contributed by atoms with E-state index < -0.39 is 29.6 Å². The lowest BCUT2D eigenvalue weighted by Gasteiger charge is -2.45. The molecule has 0 bridgehead atoms. The van der Waals surface area contributed by atoms with Crippen molar-refractivity contribution >= 4 is 11.9 Å². The summed E-state index contributed by atoms with van der Waals surface area (Å²) >= 11 is 0. The van der Waals surface area contributed by atoms with Crippen molar-refractivity contribution in [1.82, 2.24) is 5.32 Å². The molecule has 5 heteroatoms. The van der Waals surface area contributed by atoms with Gasteiger partial charge < -0.3 is 15.2 Å². The first-order chi connectivity index (χ1) is 6.91. The van der Waals surface area contributed by atoms with E-state index in [1.54, 1.807) is 13.8 Å². The third kappa shape index (κ3) is 1.01. The summed E-state index contributed by atoms with van der Waals surface area (Å²) in [5.41, 5.74) is -0.853. The molecule has 5 nitrogen and oxygen atoms in total. The normalized spacial score (nSPS) is 39.9. The molecule has 2 rings (SSSR count). The third-order valence-corrected chi connectivity index (χ3v) is 3.12. The van der Waals surface area contributed by atoms with Gasteiger partial charge in [-0.3, -0.25) is 4.79 Å². The summed E-state index contributed by atoms with van der Waals surface area (Å²) in [6, 6.07) is 0. The summed E-state index contributed by atoms with van der Waals surface area (Å²) in [4.78, 5) is 22.9. The molecule has 2 N–H and O–H groups in total. The molecule has 15 heavy (non-hydrogen) atoms. The predicted octanol–water partition coefficient (Wildman–Crippen LogP) is -0.647. The van der Waals surface area contributed by atoms with Crippen LogP contribution in [0.4, 0.5) is 0 Å². The summed E-state index contributed by atoms with van der Waals surface area (Å²) < 4.78 is 4.90. The van der Waals surface area contributed by atoms with E-state index in [-0.39, 0.29) is 5.91 Å². The van der Waals surface area contributed by atoms with E-state index in [9.17, 15) is 14.7 Å². The lowest BCUT2D eigenvalue weighted by molar-refractivity contribution is -0.201. The quantitative estimate of drug-likeness (QED) is 0.470. The number of carbonyl (C=O) groups is 2. The van der Waals surface area contributed by atoms with Crippen LogP contribution in [0.3, 0.4) is 0 Å². The Hall–Kier alpha value is -1.36. The van der Waals surface area contributed by atoms with Gasteiger partial charge in [-0.2, -0.15) is 0 Å². The molecule has 0 unspecified atom stereocenters. The number of carbonyl (C=O) groups excluding carboxylic acids is 2. The number of rotatable bonds is 2. The molecular weight excluding hydrogens is 198 g/mol. The second-order valence-electron chi connectivity index (χ2n) is 4.22. The zero-order chi connectivity index (χ0) is 11.4. The summed E-state index contributed by atoms with van der Waals surface area (Å²) in [6.07, 6.45) is -1.66. The highest BCUT2D eigenvalue weighted by atomic mass is 16.6. The lowest BCUT2D eigenvalue weighted by atomic mass is 9.78. The fraction of sp³-hybridized carbons (Fsp3) is 0.600. The zero-order valence-electron chi connectivity index (χ0n) is 8.61. The Bertz CT molecular complexity index is 364. The highest BCUT2D eigenvalue weighted by Crippen LogP contribution is 2.42. The minimum absolute atomic E-state index is 0.272. The van der Waals surface area contributed by atoms with Gasteiger partial charge in [0.05, 0.1) is 5.92 Å². The Morgan fingerprint density at radius 2 is 2.27 bits per heavy atom. The Kier molecular flexibility index (Phi) is 1.91. The summed E-state index contributed by atoms with van der Waals surface area (Å²) in [5.74, 6) is -1.27. The van der Waals surface area contributed by atoms with E-state index in [4.69, 9.17) is 4.74 Å². The minimum Gasteiger partial charge on any atom is -0.456 e. The molecule has 2 aliphatic rings. The van der Waals surface area contributed by atoms with E-state index in [2.05, 4.69) is 11.9 Å². The fourth-order valence-electron chi connectivity index (χ4n) is 2.16. The maximum absolute atomic E-state index is 11.4. The Balaban J connectivity index is 2.37. The maximum atomic E-state index is 11.4. The number of ether oxygens (including phenoxy) is 1. The molecule has 0 aromatic carbocycles. The molecule has 0 spiro atoms. The van der Waals surface area contributed by atoms with E-state index in [1.165, 1.54) is 0 Å². The van der Waals surface area contributed by atoms with Crippen LogP contribution in [0, 0.1) is 5.92 Å². The average Bonchev–Trinajstić information content (AvgIpc) is 2.37. The van der Waals surface area contributed by atoms with Gasteiger partial charge in [0.15, 0.2) is 0 Å². The van der Waals surface area contributed by atoms with E-state index in [0.29, 0.717) is 5.57 Å². The van der Waals surface area contributed by atoms with Crippen molar-refractivity contribution < 1.29 is 19.4 Å². The Morgan fingerprint density at radius 1 is 1.67 bits per heavy atom. The smallest absolute Gasteiger partial charge is 0.339 e. The third-order valence-electron chi connectivity index (χ3n) is 3.12. The first-order valence-electron chi connectivity index (χ1n) is 4.78. The van der Waals surface area contributed by atoms with Gasteiger partial charge in [-0.25, -0.2) is 4.79 Å². The fourth-order valence-corrected chi connectivity index (χ4v) is 2.16. The van der Waals surface area contributed by atoms with Gasteiger partial charge in [-0.1, -0.05) is 6.58 Å². The number of esters is 1. The standard InChI is InChI=1S/C10H13NO4/c1-4(2)6(12)10-7(15-9(10)14)5(3)8(13)11-10/h5-7,12H,1H2,2-3H3,(H,11,13)/t5-,6+,7+,10-/m1/s1. The van der Waals surface area contributed by atoms with Crippen LogP contribution in [0.5, 0.6) is 0 Å². The van der Waals surface area contributed by atoms with Crippen LogP contribution >= 0.6 is 0 Å². The number of fused-ring (bicyclic) bond motifs is 1. The van der Waals surface area contributed by atoms with E-state index in [1.807, 2.05) is 0 Å². The van der Waals surface area contributed by atoms with Crippen molar-refractivity contribution in [3.63, 3.8) is 0 Å². The zero-order valence-corrected chi connectivity index (χ0v) is 8.61. The monoisotopic (exact) mass is 211 g/mol. The molecule has 2 heterocycles. The van der Waals surface area contributed by atoms with Crippen LogP contribution in [0.15, 0.2) is 12.2 Å². The molecule has 2 aliphatic heterocycles. The van der Waals surface area contributed by atoms with Crippen LogP contribution in [-0.4, -0.2) is 34.7 Å². The second kappa shape index (κ2) is 2.82. The molecule has 0 radical (unpaired) electrons. The van der Waals surface area contributed by atoms with E-state index in [0.717, 1.165) is 0 Å².